The third-order valence-corrected chi connectivity index (χ3v) is 6.84. The lowest BCUT2D eigenvalue weighted by molar-refractivity contribution is -0.152. The maximum atomic E-state index is 12.9. The van der Waals surface area contributed by atoms with Crippen LogP contribution in [0.4, 0.5) is 0 Å². The summed E-state index contributed by atoms with van der Waals surface area (Å²) in [6.07, 6.45) is 5.56. The number of carbonyl (C=O) groups excluding carboxylic acids is 2. The number of pyridine rings is 1. The van der Waals surface area contributed by atoms with Crippen LogP contribution in [0.3, 0.4) is 0 Å². The molecule has 0 radical (unpaired) electrons. The average molecular weight is 399 g/mol. The van der Waals surface area contributed by atoms with Crippen molar-refractivity contribution in [1.82, 2.24) is 20.1 Å². The molecule has 0 aromatic carbocycles. The molecule has 0 unspecified atom stereocenters. The standard InChI is InChI=1S/C23H34N4O2/c1-15(2)12-26-13-18-9-19(14-26)21(27-20(18)5-4-6-22(27)28)11-25-23(29)17-8-7-16(3)24-10-17/h7-8,10,15,18-21H,4-6,9,11-14H2,1-3H3,(H,25,29)/t18-,19+,20+,21+/m1/s1. The fourth-order valence-electron chi connectivity index (χ4n) is 5.70. The van der Waals surface area contributed by atoms with Crippen molar-refractivity contribution in [1.29, 1.82) is 0 Å². The number of amides is 2. The summed E-state index contributed by atoms with van der Waals surface area (Å²) in [7, 11) is 0. The Morgan fingerprint density at radius 2 is 2.07 bits per heavy atom. The fourth-order valence-corrected chi connectivity index (χ4v) is 5.70. The van der Waals surface area contributed by atoms with E-state index in [1.807, 2.05) is 19.1 Å². The minimum atomic E-state index is -0.101. The van der Waals surface area contributed by atoms with Crippen LogP contribution in [-0.4, -0.2) is 64.9 Å². The summed E-state index contributed by atoms with van der Waals surface area (Å²) in [6.45, 7) is 10.2. The van der Waals surface area contributed by atoms with E-state index in [4.69, 9.17) is 0 Å². The Kier molecular flexibility index (Phi) is 5.91. The number of hydrogen-bond acceptors (Lipinski definition) is 4. The predicted molar refractivity (Wildman–Crippen MR) is 112 cm³/mol. The molecule has 4 rings (SSSR count). The number of nitrogens with one attached hydrogen (secondary N) is 1. The van der Waals surface area contributed by atoms with E-state index in [-0.39, 0.29) is 17.9 Å². The Hall–Kier alpha value is -1.95. The largest absolute Gasteiger partial charge is 0.350 e. The molecule has 6 heteroatoms. The number of piperidine rings is 3. The highest BCUT2D eigenvalue weighted by molar-refractivity contribution is 5.93. The Morgan fingerprint density at radius 3 is 2.79 bits per heavy atom. The Balaban J connectivity index is 1.50. The van der Waals surface area contributed by atoms with Crippen LogP contribution >= 0.6 is 0 Å². The van der Waals surface area contributed by atoms with E-state index in [9.17, 15) is 9.59 Å². The van der Waals surface area contributed by atoms with Gasteiger partial charge in [-0.3, -0.25) is 14.6 Å². The number of carbonyl (C=O) groups is 2. The van der Waals surface area contributed by atoms with E-state index >= 15 is 0 Å². The molecule has 3 aliphatic heterocycles. The maximum Gasteiger partial charge on any atom is 0.252 e. The summed E-state index contributed by atoms with van der Waals surface area (Å²) in [5.74, 6) is 1.83. The van der Waals surface area contributed by atoms with E-state index in [1.54, 1.807) is 6.20 Å². The van der Waals surface area contributed by atoms with Gasteiger partial charge in [0, 0.05) is 50.5 Å². The molecule has 2 amide bonds. The average Bonchev–Trinajstić information content (AvgIpc) is 2.68. The highest BCUT2D eigenvalue weighted by atomic mass is 16.2. The molecule has 1 N–H and O–H groups in total. The Labute approximate surface area is 174 Å². The van der Waals surface area contributed by atoms with Crippen molar-refractivity contribution in [3.05, 3.63) is 29.6 Å². The first kappa shape index (κ1) is 20.3. The molecule has 29 heavy (non-hydrogen) atoms. The summed E-state index contributed by atoms with van der Waals surface area (Å²) < 4.78 is 0. The topological polar surface area (TPSA) is 65.5 Å². The van der Waals surface area contributed by atoms with Crippen LogP contribution in [0.1, 0.15) is 55.6 Å². The van der Waals surface area contributed by atoms with E-state index in [0.717, 1.165) is 38.2 Å². The van der Waals surface area contributed by atoms with Crippen LogP contribution in [-0.2, 0) is 4.79 Å². The molecular formula is C23H34N4O2. The summed E-state index contributed by atoms with van der Waals surface area (Å²) in [5.41, 5.74) is 1.48. The van der Waals surface area contributed by atoms with Gasteiger partial charge < -0.3 is 15.1 Å². The minimum Gasteiger partial charge on any atom is -0.350 e. The molecule has 3 fully saturated rings. The molecule has 3 aliphatic rings. The zero-order chi connectivity index (χ0) is 20.5. The maximum absolute atomic E-state index is 12.9. The zero-order valence-electron chi connectivity index (χ0n) is 17.9. The minimum absolute atomic E-state index is 0.0985. The van der Waals surface area contributed by atoms with E-state index in [0.29, 0.717) is 42.3 Å². The van der Waals surface area contributed by atoms with Gasteiger partial charge in [0.15, 0.2) is 0 Å². The molecule has 4 heterocycles. The third-order valence-electron chi connectivity index (χ3n) is 6.84. The monoisotopic (exact) mass is 398 g/mol. The van der Waals surface area contributed by atoms with Crippen LogP contribution < -0.4 is 5.32 Å². The number of rotatable bonds is 5. The molecule has 0 aliphatic carbocycles. The summed E-state index contributed by atoms with van der Waals surface area (Å²) in [5, 5.41) is 3.11. The predicted octanol–water partition coefficient (Wildman–Crippen LogP) is 2.48. The fraction of sp³-hybridized carbons (Fsp3) is 0.696. The summed E-state index contributed by atoms with van der Waals surface area (Å²) >= 11 is 0. The first-order valence-electron chi connectivity index (χ1n) is 11.2. The van der Waals surface area contributed by atoms with Crippen molar-refractivity contribution in [3.8, 4) is 0 Å². The van der Waals surface area contributed by atoms with Gasteiger partial charge in [-0.2, -0.15) is 0 Å². The molecule has 0 saturated carbocycles. The quantitative estimate of drug-likeness (QED) is 0.828. The van der Waals surface area contributed by atoms with Gasteiger partial charge in [0.1, 0.15) is 0 Å². The van der Waals surface area contributed by atoms with Crippen LogP contribution in [0.5, 0.6) is 0 Å². The van der Waals surface area contributed by atoms with Crippen molar-refractivity contribution in [3.63, 3.8) is 0 Å². The molecule has 6 nitrogen and oxygen atoms in total. The lowest BCUT2D eigenvalue weighted by atomic mass is 9.72. The van der Waals surface area contributed by atoms with Gasteiger partial charge in [-0.05, 0) is 56.1 Å². The number of aromatic nitrogens is 1. The van der Waals surface area contributed by atoms with E-state index < -0.39 is 0 Å². The van der Waals surface area contributed by atoms with E-state index in [2.05, 4.69) is 33.9 Å². The van der Waals surface area contributed by atoms with Crippen molar-refractivity contribution < 1.29 is 9.59 Å². The number of fused-ring (bicyclic) bond motifs is 4. The molecule has 3 saturated heterocycles. The highest BCUT2D eigenvalue weighted by Crippen LogP contribution is 2.41. The first-order chi connectivity index (χ1) is 13.9. The van der Waals surface area contributed by atoms with Crippen molar-refractivity contribution in [2.45, 2.75) is 58.5 Å². The van der Waals surface area contributed by atoms with Gasteiger partial charge in [0.25, 0.3) is 5.91 Å². The van der Waals surface area contributed by atoms with Gasteiger partial charge in [-0.25, -0.2) is 0 Å². The molecule has 4 atom stereocenters. The molecular weight excluding hydrogens is 364 g/mol. The lowest BCUT2D eigenvalue weighted by Crippen LogP contribution is -2.67. The molecule has 158 valence electrons. The number of nitrogens with zero attached hydrogens (tertiary/aromatic N) is 3. The van der Waals surface area contributed by atoms with Crippen molar-refractivity contribution >= 4 is 11.8 Å². The van der Waals surface area contributed by atoms with Gasteiger partial charge >= 0.3 is 0 Å². The van der Waals surface area contributed by atoms with Crippen LogP contribution in [0.15, 0.2) is 18.3 Å². The normalized spacial score (nSPS) is 29.7. The number of likely N-dealkylation sites (tertiary alicyclic amines) is 1. The Morgan fingerprint density at radius 1 is 1.28 bits per heavy atom. The van der Waals surface area contributed by atoms with Crippen LogP contribution in [0.2, 0.25) is 0 Å². The van der Waals surface area contributed by atoms with Crippen molar-refractivity contribution in [2.75, 3.05) is 26.2 Å². The Bertz CT molecular complexity index is 748. The highest BCUT2D eigenvalue weighted by Gasteiger charge is 2.49. The van der Waals surface area contributed by atoms with Gasteiger partial charge in [0.05, 0.1) is 11.6 Å². The van der Waals surface area contributed by atoms with Gasteiger partial charge in [-0.15, -0.1) is 0 Å². The molecule has 1 aromatic heterocycles. The lowest BCUT2D eigenvalue weighted by Gasteiger charge is -2.56. The summed E-state index contributed by atoms with van der Waals surface area (Å²) in [4.78, 5) is 34.5. The van der Waals surface area contributed by atoms with Gasteiger partial charge in [-0.1, -0.05) is 13.8 Å². The van der Waals surface area contributed by atoms with E-state index in [1.165, 1.54) is 6.42 Å². The van der Waals surface area contributed by atoms with Gasteiger partial charge in [0.2, 0.25) is 5.91 Å². The first-order valence-corrected chi connectivity index (χ1v) is 11.2. The molecule has 0 spiro atoms. The smallest absolute Gasteiger partial charge is 0.252 e. The second kappa shape index (κ2) is 8.42. The number of hydrogen-bond donors (Lipinski definition) is 1. The number of aryl methyl sites for hydroxylation is 1. The van der Waals surface area contributed by atoms with Crippen LogP contribution in [0.25, 0.3) is 0 Å². The molecule has 1 aromatic rings. The third kappa shape index (κ3) is 4.32. The SMILES string of the molecule is Cc1ccc(C(=O)NC[C@H]2[C@H]3C[C@H](CN(CC(C)C)C3)[C@@H]3CCCC(=O)N32)cn1. The summed E-state index contributed by atoms with van der Waals surface area (Å²) in [6, 6.07) is 4.11. The van der Waals surface area contributed by atoms with Crippen LogP contribution in [0, 0.1) is 24.7 Å². The second-order valence-corrected chi connectivity index (χ2v) is 9.59. The zero-order valence-corrected chi connectivity index (χ0v) is 17.9. The second-order valence-electron chi connectivity index (χ2n) is 9.59. The molecule has 2 bridgehead atoms. The van der Waals surface area contributed by atoms with Crippen molar-refractivity contribution in [2.24, 2.45) is 17.8 Å².